The average molecular weight is 1480 g/mol. The molecule has 15 N–H and O–H groups in total. The van der Waals surface area contributed by atoms with Crippen LogP contribution >= 0.6 is 0 Å². The number of carbonyl (C=O) groups is 14. The molecule has 590 valence electrons. The van der Waals surface area contributed by atoms with Crippen molar-refractivity contribution in [2.45, 2.75) is 280 Å². The third-order valence-electron chi connectivity index (χ3n) is 19.3. The van der Waals surface area contributed by atoms with Crippen molar-refractivity contribution < 1.29 is 77.0 Å². The molecular weight excluding hydrogens is 1350 g/mol. The smallest absolute Gasteiger partial charge is 0.329 e. The maximum absolute atomic E-state index is 15.0. The van der Waals surface area contributed by atoms with Crippen molar-refractivity contribution in [3.8, 4) is 0 Å². The van der Waals surface area contributed by atoms with Crippen LogP contribution < -0.4 is 69.5 Å². The molecule has 0 bridgehead atoms. The van der Waals surface area contributed by atoms with E-state index in [1.807, 2.05) is 13.8 Å². The predicted octanol–water partition coefficient (Wildman–Crippen LogP) is 1.84. The summed E-state index contributed by atoms with van der Waals surface area (Å²) in [4.78, 5) is 202. The van der Waals surface area contributed by atoms with Crippen molar-refractivity contribution in [2.75, 3.05) is 13.1 Å². The quantitative estimate of drug-likeness (QED) is 0.0353. The summed E-state index contributed by atoms with van der Waals surface area (Å²) in [6.45, 7) is 31.8. The van der Waals surface area contributed by atoms with E-state index in [2.05, 4.69) is 63.8 Å². The number of allylic oxidation sites excluding steroid dienone is 1. The average Bonchev–Trinajstić information content (AvgIpc) is 1.79. The highest BCUT2D eigenvalue weighted by Gasteiger charge is 2.44. The summed E-state index contributed by atoms with van der Waals surface area (Å²) < 4.78 is 5.96. The summed E-state index contributed by atoms with van der Waals surface area (Å²) >= 11 is 0. The lowest BCUT2D eigenvalue weighted by atomic mass is 9.95. The Labute approximate surface area is 620 Å². The highest BCUT2D eigenvalue weighted by Crippen LogP contribution is 2.23. The molecule has 0 aromatic heterocycles. The van der Waals surface area contributed by atoms with Crippen LogP contribution in [-0.4, -0.2) is 191 Å². The number of hydrogen-bond donors (Lipinski definition) is 14. The van der Waals surface area contributed by atoms with E-state index >= 15 is 9.59 Å². The van der Waals surface area contributed by atoms with Gasteiger partial charge in [-0.3, -0.25) is 62.3 Å². The van der Waals surface area contributed by atoms with E-state index in [0.29, 0.717) is 30.7 Å². The summed E-state index contributed by atoms with van der Waals surface area (Å²) in [5.74, 6) is -15.1. The molecular formula is C75H124N14O16. The number of aliphatic hydroxyl groups excluding tert-OH is 1. The van der Waals surface area contributed by atoms with Gasteiger partial charge in [-0.1, -0.05) is 166 Å². The fourth-order valence-electron chi connectivity index (χ4n) is 12.1. The summed E-state index contributed by atoms with van der Waals surface area (Å²) in [6, 6.07) is -7.67. The molecule has 3 rings (SSSR count). The SMILES string of the molecule is C/C=C1\NC(=O)[C@H](Cc2ccccc2)NC(=O)C(C(C)C)NC(=O)[C@@H]([C@@H](C)CC)NC(=O)C(NC(=O)[C@H](NC(=O)[C@H](CCCN)NC(=O)[C@@H]2CCCN2C(=O)C(NC(=O)C(NC(=O)C(NC(=O)C(NC(=O)CCCC(C)C)C(C)C)C(C)O)C(C)C)C(C)C)[C@@H](C)CC)C(C)OC(=O)C(C(C)C)NC1=O. The first-order valence-electron chi connectivity index (χ1n) is 37.5. The van der Waals surface area contributed by atoms with Gasteiger partial charge in [-0.15, -0.1) is 0 Å². The van der Waals surface area contributed by atoms with E-state index in [4.69, 9.17) is 10.5 Å². The normalized spacial score (nSPS) is 22.6. The Morgan fingerprint density at radius 1 is 0.610 bits per heavy atom. The second kappa shape index (κ2) is 43.8. The third kappa shape index (κ3) is 27.7. The fourth-order valence-corrected chi connectivity index (χ4v) is 12.1. The Hall–Kier alpha value is -8.54. The fraction of sp³-hybridized carbons (Fsp3) is 0.707. The van der Waals surface area contributed by atoms with Gasteiger partial charge in [0.25, 0.3) is 5.91 Å². The Balaban J connectivity index is 2.00. The van der Waals surface area contributed by atoms with Crippen LogP contribution in [0.15, 0.2) is 42.1 Å². The van der Waals surface area contributed by atoms with Gasteiger partial charge in [0.1, 0.15) is 84.3 Å². The van der Waals surface area contributed by atoms with E-state index < -0.39 is 203 Å². The number of carbonyl (C=O) groups excluding carboxylic acids is 14. The Morgan fingerprint density at radius 3 is 1.69 bits per heavy atom. The van der Waals surface area contributed by atoms with Crippen LogP contribution in [0.2, 0.25) is 0 Å². The number of esters is 1. The standard InChI is InChI=1S/C75H124N14O16/c1-20-44(16)59(71(100)88-62-47(19)105-75(104)58(43(14)15)84-63(92)49(22-3)77-65(94)51(37-48-30-24-23-25-31-48)79-67(96)55(40(8)9)81-70(99)60(45(17)21-2)86-73(62)102)85-64(93)50(32-27-35-76)78-66(95)52-33-28-36-89(52)74(103)57(42(12)13)83-69(98)56(41(10)11)82-72(101)61(46(18)90)87-68(97)54(39(6)7)80-53(91)34-26-29-38(4)5/h22-25,30-31,38-47,50-52,54-62,90H,20-21,26-29,32-37,76H2,1-19H3,(H,77,94)(H,78,95)(H,79,96)(H,80,91)(H,81,99)(H,82,101)(H,83,98)(H,84,92)(H,85,93)(H,86,102)(H,87,97)(H,88,100)/b49-22-/t44-,45-,46?,47?,50-,51-,52-,54?,55?,56?,57?,58?,59+,60+,61?,62?/m0/s1. The van der Waals surface area contributed by atoms with Gasteiger partial charge >= 0.3 is 5.97 Å². The summed E-state index contributed by atoms with van der Waals surface area (Å²) in [5.41, 5.74) is 6.34. The van der Waals surface area contributed by atoms with Gasteiger partial charge in [0.15, 0.2) is 0 Å². The number of hydrogen-bond acceptors (Lipinski definition) is 17. The predicted molar refractivity (Wildman–Crippen MR) is 395 cm³/mol. The lowest BCUT2D eigenvalue weighted by molar-refractivity contribution is -0.157. The summed E-state index contributed by atoms with van der Waals surface area (Å²) in [5, 5.41) is 43.2. The molecule has 9 unspecified atom stereocenters. The topological polar surface area (TPSA) is 442 Å². The molecule has 1 aromatic rings. The van der Waals surface area contributed by atoms with E-state index in [1.54, 1.807) is 127 Å². The van der Waals surface area contributed by atoms with Gasteiger partial charge in [0.05, 0.1) is 6.10 Å². The van der Waals surface area contributed by atoms with Gasteiger partial charge in [-0.2, -0.15) is 0 Å². The van der Waals surface area contributed by atoms with Gasteiger partial charge in [-0.25, -0.2) is 4.79 Å². The van der Waals surface area contributed by atoms with Crippen LogP contribution in [0.25, 0.3) is 0 Å². The second-order valence-electron chi connectivity index (χ2n) is 30.2. The Morgan fingerprint density at radius 2 is 1.15 bits per heavy atom. The number of cyclic esters (lactones) is 1. The van der Waals surface area contributed by atoms with Gasteiger partial charge in [0.2, 0.25) is 70.9 Å². The highest BCUT2D eigenvalue weighted by atomic mass is 16.5. The number of nitrogens with one attached hydrogen (secondary N) is 12. The molecule has 16 atom stereocenters. The van der Waals surface area contributed by atoms with Crippen molar-refractivity contribution >= 4 is 82.8 Å². The molecule has 0 saturated carbocycles. The molecule has 2 aliphatic rings. The maximum Gasteiger partial charge on any atom is 0.329 e. The first-order valence-corrected chi connectivity index (χ1v) is 37.5. The van der Waals surface area contributed by atoms with Gasteiger partial charge in [0, 0.05) is 19.4 Å². The van der Waals surface area contributed by atoms with Crippen LogP contribution in [0.4, 0.5) is 0 Å². The molecule has 105 heavy (non-hydrogen) atoms. The first-order chi connectivity index (χ1) is 49.2. The van der Waals surface area contributed by atoms with Gasteiger partial charge < -0.3 is 84.3 Å². The van der Waals surface area contributed by atoms with Crippen molar-refractivity contribution in [3.05, 3.63) is 47.7 Å². The van der Waals surface area contributed by atoms with Crippen LogP contribution in [0, 0.1) is 47.3 Å². The minimum Gasteiger partial charge on any atom is -0.458 e. The molecule has 30 heteroatoms. The third-order valence-corrected chi connectivity index (χ3v) is 19.3. The number of nitrogens with zero attached hydrogens (tertiary/aromatic N) is 1. The zero-order valence-corrected chi connectivity index (χ0v) is 65.2. The number of benzene rings is 1. The van der Waals surface area contributed by atoms with Crippen LogP contribution in [-0.2, 0) is 78.3 Å². The monoisotopic (exact) mass is 1480 g/mol. The van der Waals surface area contributed by atoms with Crippen molar-refractivity contribution in [1.82, 2.24) is 68.7 Å². The molecule has 13 amide bonds. The number of aliphatic hydroxyl groups is 1. The molecule has 2 heterocycles. The van der Waals surface area contributed by atoms with Crippen molar-refractivity contribution in [3.63, 3.8) is 0 Å². The molecule has 0 radical (unpaired) electrons. The number of amides is 13. The molecule has 30 nitrogen and oxygen atoms in total. The molecule has 0 aliphatic carbocycles. The Kier molecular flexibility index (Phi) is 37.8. The largest absolute Gasteiger partial charge is 0.458 e. The number of ether oxygens (including phenoxy) is 1. The summed E-state index contributed by atoms with van der Waals surface area (Å²) in [7, 11) is 0. The molecule has 2 aliphatic heterocycles. The van der Waals surface area contributed by atoms with Crippen LogP contribution in [0.5, 0.6) is 0 Å². The van der Waals surface area contributed by atoms with Crippen molar-refractivity contribution in [2.24, 2.45) is 53.1 Å². The molecule has 2 fully saturated rings. The lowest BCUT2D eigenvalue weighted by Gasteiger charge is -2.33. The van der Waals surface area contributed by atoms with Crippen molar-refractivity contribution in [1.29, 1.82) is 0 Å². The van der Waals surface area contributed by atoms with E-state index in [1.165, 1.54) is 31.7 Å². The first kappa shape index (κ1) is 90.7. The van der Waals surface area contributed by atoms with Gasteiger partial charge in [-0.05, 0) is 112 Å². The summed E-state index contributed by atoms with van der Waals surface area (Å²) in [6.07, 6.45) is 1.02. The van der Waals surface area contributed by atoms with E-state index in [9.17, 15) is 62.6 Å². The number of nitrogens with two attached hydrogens (primary N) is 1. The lowest BCUT2D eigenvalue weighted by Crippen LogP contribution is -2.64. The number of rotatable bonds is 33. The van der Waals surface area contributed by atoms with E-state index in [-0.39, 0.29) is 63.2 Å². The van der Waals surface area contributed by atoms with E-state index in [0.717, 1.165) is 6.42 Å². The Bertz CT molecular complexity index is 3160. The highest BCUT2D eigenvalue weighted by molar-refractivity contribution is 6.03. The zero-order chi connectivity index (χ0) is 79.4. The molecule has 0 spiro atoms. The maximum atomic E-state index is 15.0. The minimum absolute atomic E-state index is 0.0355. The molecule has 1 aromatic carbocycles. The second-order valence-corrected chi connectivity index (χ2v) is 30.2. The van der Waals surface area contributed by atoms with Crippen LogP contribution in [0.3, 0.4) is 0 Å². The molecule has 2 saturated heterocycles. The van der Waals surface area contributed by atoms with Crippen LogP contribution in [0.1, 0.15) is 195 Å². The zero-order valence-electron chi connectivity index (χ0n) is 65.2. The number of likely N-dealkylation sites (tertiary alicyclic amines) is 1. The minimum atomic E-state index is -1.83.